The maximum absolute atomic E-state index is 14.4. The fraction of sp³-hybridized carbons (Fsp3) is 0.500. The molecule has 2 aromatic rings. The number of nitrogen functional groups attached to an aromatic ring is 1. The molecule has 2 unspecified atom stereocenters. The van der Waals surface area contributed by atoms with Crippen molar-refractivity contribution in [1.82, 2.24) is 14.9 Å². The van der Waals surface area contributed by atoms with Crippen molar-refractivity contribution in [2.24, 2.45) is 0 Å². The van der Waals surface area contributed by atoms with Crippen LogP contribution in [0, 0.1) is 5.82 Å². The summed E-state index contributed by atoms with van der Waals surface area (Å²) in [6.45, 7) is 4.18. The summed E-state index contributed by atoms with van der Waals surface area (Å²) in [4.78, 5) is 35.8. The Morgan fingerprint density at radius 1 is 1.41 bits per heavy atom. The van der Waals surface area contributed by atoms with Gasteiger partial charge >= 0.3 is 5.97 Å². The van der Waals surface area contributed by atoms with E-state index in [2.05, 4.69) is 20.2 Å². The molecule has 9 nitrogen and oxygen atoms in total. The van der Waals surface area contributed by atoms with Gasteiger partial charge in [-0.3, -0.25) is 0 Å². The number of likely N-dealkylation sites (N-methyl/N-ethyl adjacent to an activating group) is 1. The molecule has 2 heterocycles. The van der Waals surface area contributed by atoms with Gasteiger partial charge in [0.1, 0.15) is 12.6 Å². The number of rotatable bonds is 11. The number of esters is 1. The zero-order valence-electron chi connectivity index (χ0n) is 19.7. The smallest absolute Gasteiger partial charge is 0.340 e. The molecule has 10 heteroatoms. The van der Waals surface area contributed by atoms with Crippen LogP contribution in [0.3, 0.4) is 0 Å². The number of halogens is 1. The van der Waals surface area contributed by atoms with E-state index >= 15 is 0 Å². The predicted octanol–water partition coefficient (Wildman–Crippen LogP) is 2.74. The Morgan fingerprint density at radius 3 is 2.97 bits per heavy atom. The van der Waals surface area contributed by atoms with E-state index < -0.39 is 17.8 Å². The summed E-state index contributed by atoms with van der Waals surface area (Å²) in [6.07, 6.45) is 5.46. The maximum atomic E-state index is 14.4. The fourth-order valence-corrected chi connectivity index (χ4v) is 4.21. The van der Waals surface area contributed by atoms with Crippen LogP contribution < -0.4 is 16.0 Å². The number of para-hydroxylation sites is 1. The van der Waals surface area contributed by atoms with Gasteiger partial charge in [0.25, 0.3) is 0 Å². The third-order valence-corrected chi connectivity index (χ3v) is 6.07. The van der Waals surface area contributed by atoms with Crippen molar-refractivity contribution in [2.75, 3.05) is 49.2 Å². The highest BCUT2D eigenvalue weighted by Crippen LogP contribution is 2.25. The zero-order chi connectivity index (χ0) is 24.5. The summed E-state index contributed by atoms with van der Waals surface area (Å²) in [7, 11) is 2.04. The number of anilines is 3. The molecule has 1 aliphatic heterocycles. The van der Waals surface area contributed by atoms with Gasteiger partial charge in [0.05, 0.1) is 18.2 Å². The minimum atomic E-state index is -0.575. The van der Waals surface area contributed by atoms with Gasteiger partial charge in [-0.1, -0.05) is 12.1 Å². The summed E-state index contributed by atoms with van der Waals surface area (Å²) < 4.78 is 19.5. The van der Waals surface area contributed by atoms with Gasteiger partial charge in [-0.2, -0.15) is 4.39 Å². The number of hydrogen-bond acceptors (Lipinski definition) is 9. The van der Waals surface area contributed by atoms with E-state index in [0.717, 1.165) is 32.1 Å². The molecule has 1 fully saturated rings. The number of nitrogens with one attached hydrogen (secondary N) is 1. The normalized spacial score (nSPS) is 16.8. The van der Waals surface area contributed by atoms with Crippen LogP contribution in [-0.4, -0.2) is 72.5 Å². The van der Waals surface area contributed by atoms with E-state index in [1.165, 1.54) is 6.33 Å². The van der Waals surface area contributed by atoms with Gasteiger partial charge in [-0.05, 0) is 58.3 Å². The first-order chi connectivity index (χ1) is 16.4. The van der Waals surface area contributed by atoms with Crippen LogP contribution in [0.5, 0.6) is 0 Å². The van der Waals surface area contributed by atoms with Gasteiger partial charge in [0, 0.05) is 24.8 Å². The van der Waals surface area contributed by atoms with Gasteiger partial charge in [-0.15, -0.1) is 0 Å². The fourth-order valence-electron chi connectivity index (χ4n) is 4.21. The highest BCUT2D eigenvalue weighted by atomic mass is 19.1. The van der Waals surface area contributed by atoms with E-state index in [1.807, 2.05) is 18.0 Å². The first kappa shape index (κ1) is 25.4. The second kappa shape index (κ2) is 12.3. The summed E-state index contributed by atoms with van der Waals surface area (Å²) >= 11 is 0. The Balaban J connectivity index is 1.53. The molecule has 3 N–H and O–H groups in total. The number of carbonyl (C=O) groups is 2. The summed E-state index contributed by atoms with van der Waals surface area (Å²) in [5.74, 6) is -0.888. The molecule has 184 valence electrons. The minimum Gasteiger partial charge on any atom is -0.462 e. The van der Waals surface area contributed by atoms with Crippen molar-refractivity contribution < 1.29 is 18.7 Å². The summed E-state index contributed by atoms with van der Waals surface area (Å²) in [5.41, 5.74) is 6.60. The number of benzene rings is 1. The standard InChI is InChI=1S/C24H33FN6O3/c1-3-34-24(33)19-10-4-5-11-20(19)29-17(15-32)8-6-12-30(2)18-9-7-13-31(14-18)23-21(25)22(26)27-16-28-23/h4-5,10-11,15-18,29H,3,6-9,12-14H2,1-2H3,(H2,26,27,28). The Kier molecular flexibility index (Phi) is 9.15. The van der Waals surface area contributed by atoms with Crippen LogP contribution in [0.4, 0.5) is 21.7 Å². The Labute approximate surface area is 199 Å². The van der Waals surface area contributed by atoms with Crippen molar-refractivity contribution in [3.63, 3.8) is 0 Å². The number of ether oxygens (including phenoxy) is 1. The van der Waals surface area contributed by atoms with Crippen LogP contribution >= 0.6 is 0 Å². The summed E-state index contributed by atoms with van der Waals surface area (Å²) in [6, 6.07) is 6.83. The summed E-state index contributed by atoms with van der Waals surface area (Å²) in [5, 5.41) is 3.17. The van der Waals surface area contributed by atoms with E-state index in [9.17, 15) is 14.0 Å². The predicted molar refractivity (Wildman–Crippen MR) is 129 cm³/mol. The second-order valence-electron chi connectivity index (χ2n) is 8.41. The molecular weight excluding hydrogens is 439 g/mol. The number of aldehydes is 1. The van der Waals surface area contributed by atoms with E-state index in [-0.39, 0.29) is 24.3 Å². The maximum Gasteiger partial charge on any atom is 0.340 e. The molecule has 0 radical (unpaired) electrons. The Bertz CT molecular complexity index is 975. The van der Waals surface area contributed by atoms with Crippen LogP contribution in [0.1, 0.15) is 43.0 Å². The van der Waals surface area contributed by atoms with E-state index in [1.54, 1.807) is 25.1 Å². The average Bonchev–Trinajstić information content (AvgIpc) is 2.85. The van der Waals surface area contributed by atoms with Crippen molar-refractivity contribution in [1.29, 1.82) is 0 Å². The van der Waals surface area contributed by atoms with Gasteiger partial charge in [-0.25, -0.2) is 14.8 Å². The average molecular weight is 473 g/mol. The highest BCUT2D eigenvalue weighted by molar-refractivity contribution is 5.96. The monoisotopic (exact) mass is 472 g/mol. The largest absolute Gasteiger partial charge is 0.462 e. The molecule has 2 atom stereocenters. The van der Waals surface area contributed by atoms with Crippen molar-refractivity contribution in [2.45, 2.75) is 44.7 Å². The Morgan fingerprint density at radius 2 is 2.21 bits per heavy atom. The van der Waals surface area contributed by atoms with Crippen LogP contribution in [-0.2, 0) is 9.53 Å². The lowest BCUT2D eigenvalue weighted by Crippen LogP contribution is -2.47. The number of piperidine rings is 1. The number of carbonyl (C=O) groups excluding carboxylic acids is 2. The molecule has 0 spiro atoms. The van der Waals surface area contributed by atoms with Gasteiger partial charge < -0.3 is 30.4 Å². The Hall–Kier alpha value is -3.27. The SMILES string of the molecule is CCOC(=O)c1ccccc1NC(C=O)CCCN(C)C1CCCN(c2ncnc(N)c2F)C1. The van der Waals surface area contributed by atoms with Crippen molar-refractivity contribution >= 4 is 29.6 Å². The molecule has 1 aromatic carbocycles. The molecule has 1 saturated heterocycles. The second-order valence-corrected chi connectivity index (χ2v) is 8.41. The molecule has 1 aromatic heterocycles. The molecule has 3 rings (SSSR count). The van der Waals surface area contributed by atoms with E-state index in [4.69, 9.17) is 10.5 Å². The lowest BCUT2D eigenvalue weighted by atomic mass is 10.0. The zero-order valence-corrected chi connectivity index (χ0v) is 19.7. The highest BCUT2D eigenvalue weighted by Gasteiger charge is 2.26. The van der Waals surface area contributed by atoms with Crippen LogP contribution in [0.15, 0.2) is 30.6 Å². The van der Waals surface area contributed by atoms with Crippen molar-refractivity contribution in [3.8, 4) is 0 Å². The van der Waals surface area contributed by atoms with Crippen molar-refractivity contribution in [3.05, 3.63) is 42.0 Å². The quantitative estimate of drug-likeness (QED) is 0.376. The van der Waals surface area contributed by atoms with E-state index in [0.29, 0.717) is 30.8 Å². The van der Waals surface area contributed by atoms with Crippen LogP contribution in [0.2, 0.25) is 0 Å². The molecule has 0 amide bonds. The number of nitrogens with two attached hydrogens (primary N) is 1. The van der Waals surface area contributed by atoms with Crippen LogP contribution in [0.25, 0.3) is 0 Å². The first-order valence-electron chi connectivity index (χ1n) is 11.6. The third-order valence-electron chi connectivity index (χ3n) is 6.07. The first-order valence-corrected chi connectivity index (χ1v) is 11.6. The molecule has 0 saturated carbocycles. The number of nitrogens with zero attached hydrogens (tertiary/aromatic N) is 4. The molecule has 1 aliphatic rings. The topological polar surface area (TPSA) is 114 Å². The minimum absolute atomic E-state index is 0.141. The molecule has 0 aliphatic carbocycles. The van der Waals surface area contributed by atoms with Gasteiger partial charge in [0.2, 0.25) is 5.82 Å². The number of hydrogen-bond donors (Lipinski definition) is 2. The molecule has 34 heavy (non-hydrogen) atoms. The molecule has 0 bridgehead atoms. The van der Waals surface area contributed by atoms with Gasteiger partial charge in [0.15, 0.2) is 11.6 Å². The lowest BCUT2D eigenvalue weighted by molar-refractivity contribution is -0.108. The third kappa shape index (κ3) is 6.40. The number of aromatic nitrogens is 2. The lowest BCUT2D eigenvalue weighted by Gasteiger charge is -2.38. The molecular formula is C24H33FN6O3.